The lowest BCUT2D eigenvalue weighted by Gasteiger charge is -2.08. The second-order valence-corrected chi connectivity index (χ2v) is 4.64. The highest BCUT2D eigenvalue weighted by atomic mass is 35.5. The van der Waals surface area contributed by atoms with Crippen LogP contribution in [-0.2, 0) is 0 Å². The molecule has 4 heteroatoms. The van der Waals surface area contributed by atoms with Gasteiger partial charge in [0.1, 0.15) is 10.8 Å². The zero-order valence-corrected chi connectivity index (χ0v) is 9.76. The Kier molecular flexibility index (Phi) is 3.39. The number of nitrogens with two attached hydrogens (primary N) is 1. The van der Waals surface area contributed by atoms with Gasteiger partial charge in [0.25, 0.3) is 0 Å². The molecule has 0 aromatic heterocycles. The number of rotatable bonds is 4. The SMILES string of the molecule is NCC1CC1COc1cccc(Cl)c1Cl. The van der Waals surface area contributed by atoms with E-state index in [0.29, 0.717) is 34.2 Å². The van der Waals surface area contributed by atoms with E-state index in [-0.39, 0.29) is 0 Å². The molecular formula is C11H13Cl2NO. The minimum Gasteiger partial charge on any atom is -0.492 e. The van der Waals surface area contributed by atoms with Gasteiger partial charge in [-0.2, -0.15) is 0 Å². The normalized spacial score (nSPS) is 23.9. The Morgan fingerprint density at radius 3 is 2.80 bits per heavy atom. The molecule has 1 aliphatic rings. The number of benzene rings is 1. The fourth-order valence-electron chi connectivity index (χ4n) is 1.60. The molecule has 2 rings (SSSR count). The van der Waals surface area contributed by atoms with Gasteiger partial charge >= 0.3 is 0 Å². The summed E-state index contributed by atoms with van der Waals surface area (Å²) in [6, 6.07) is 5.40. The Bertz CT molecular complexity index is 356. The molecule has 1 aromatic carbocycles. The van der Waals surface area contributed by atoms with E-state index in [4.69, 9.17) is 33.7 Å². The Morgan fingerprint density at radius 2 is 2.13 bits per heavy atom. The summed E-state index contributed by atoms with van der Waals surface area (Å²) in [5, 5.41) is 1.02. The molecule has 1 aromatic rings. The predicted molar refractivity (Wildman–Crippen MR) is 62.6 cm³/mol. The van der Waals surface area contributed by atoms with Gasteiger partial charge in [0.15, 0.2) is 0 Å². The largest absolute Gasteiger partial charge is 0.492 e. The first-order chi connectivity index (χ1) is 7.22. The lowest BCUT2D eigenvalue weighted by molar-refractivity contribution is 0.292. The summed E-state index contributed by atoms with van der Waals surface area (Å²) in [5.74, 6) is 1.87. The van der Waals surface area contributed by atoms with Crippen LogP contribution in [0.15, 0.2) is 18.2 Å². The van der Waals surface area contributed by atoms with Crippen LogP contribution in [0.5, 0.6) is 5.75 Å². The highest BCUT2D eigenvalue weighted by Crippen LogP contribution is 2.39. The topological polar surface area (TPSA) is 35.2 Å². The Morgan fingerprint density at radius 1 is 1.33 bits per heavy atom. The van der Waals surface area contributed by atoms with Gasteiger partial charge in [0.2, 0.25) is 0 Å². The third-order valence-corrected chi connectivity index (χ3v) is 3.54. The lowest BCUT2D eigenvalue weighted by atomic mass is 10.3. The number of ether oxygens (including phenoxy) is 1. The van der Waals surface area contributed by atoms with Crippen LogP contribution < -0.4 is 10.5 Å². The van der Waals surface area contributed by atoms with Crippen LogP contribution >= 0.6 is 23.2 Å². The maximum absolute atomic E-state index is 5.99. The third kappa shape index (κ3) is 2.57. The van der Waals surface area contributed by atoms with Gasteiger partial charge in [-0.1, -0.05) is 29.3 Å². The minimum absolute atomic E-state index is 0.490. The van der Waals surface area contributed by atoms with E-state index in [1.54, 1.807) is 6.07 Å². The summed E-state index contributed by atoms with van der Waals surface area (Å²) >= 11 is 11.9. The average Bonchev–Trinajstić information content (AvgIpc) is 2.99. The van der Waals surface area contributed by atoms with Crippen molar-refractivity contribution >= 4 is 23.2 Å². The Labute approximate surface area is 99.3 Å². The first-order valence-corrected chi connectivity index (χ1v) is 5.75. The molecule has 0 spiro atoms. The van der Waals surface area contributed by atoms with Crippen molar-refractivity contribution in [2.24, 2.45) is 17.6 Å². The minimum atomic E-state index is 0.490. The van der Waals surface area contributed by atoms with Crippen LogP contribution in [0.25, 0.3) is 0 Å². The van der Waals surface area contributed by atoms with E-state index >= 15 is 0 Å². The summed E-state index contributed by atoms with van der Waals surface area (Å²) in [4.78, 5) is 0. The second kappa shape index (κ2) is 4.60. The van der Waals surface area contributed by atoms with Crippen molar-refractivity contribution in [2.45, 2.75) is 6.42 Å². The van der Waals surface area contributed by atoms with Gasteiger partial charge in [-0.05, 0) is 36.9 Å². The molecule has 2 atom stereocenters. The first kappa shape index (κ1) is 11.1. The molecule has 2 nitrogen and oxygen atoms in total. The standard InChI is InChI=1S/C11H13Cl2NO/c12-9-2-1-3-10(11(9)13)15-6-8-4-7(8)5-14/h1-3,7-8H,4-6,14H2. The third-order valence-electron chi connectivity index (χ3n) is 2.74. The van der Waals surface area contributed by atoms with E-state index in [2.05, 4.69) is 0 Å². The molecule has 0 bridgehead atoms. The maximum Gasteiger partial charge on any atom is 0.139 e. The molecule has 0 radical (unpaired) electrons. The zero-order chi connectivity index (χ0) is 10.8. The highest BCUT2D eigenvalue weighted by molar-refractivity contribution is 6.42. The molecule has 2 N–H and O–H groups in total. The second-order valence-electron chi connectivity index (χ2n) is 3.85. The van der Waals surface area contributed by atoms with Gasteiger partial charge < -0.3 is 10.5 Å². The molecule has 0 saturated heterocycles. The molecule has 0 heterocycles. The van der Waals surface area contributed by atoms with Gasteiger partial charge in [-0.3, -0.25) is 0 Å². The summed E-state index contributed by atoms with van der Waals surface area (Å²) in [7, 11) is 0. The summed E-state index contributed by atoms with van der Waals surface area (Å²) < 4.78 is 5.60. The van der Waals surface area contributed by atoms with Crippen molar-refractivity contribution < 1.29 is 4.74 Å². The van der Waals surface area contributed by atoms with Crippen LogP contribution in [0.2, 0.25) is 10.0 Å². The number of hydrogen-bond donors (Lipinski definition) is 1. The van der Waals surface area contributed by atoms with Crippen molar-refractivity contribution in [1.82, 2.24) is 0 Å². The van der Waals surface area contributed by atoms with E-state index in [9.17, 15) is 0 Å². The first-order valence-electron chi connectivity index (χ1n) is 4.99. The Balaban J connectivity index is 1.91. The maximum atomic E-state index is 5.99. The van der Waals surface area contributed by atoms with E-state index in [1.165, 1.54) is 0 Å². The lowest BCUT2D eigenvalue weighted by Crippen LogP contribution is -2.07. The molecule has 1 saturated carbocycles. The van der Waals surface area contributed by atoms with Crippen LogP contribution in [0.3, 0.4) is 0 Å². The zero-order valence-electron chi connectivity index (χ0n) is 8.25. The smallest absolute Gasteiger partial charge is 0.139 e. The number of hydrogen-bond acceptors (Lipinski definition) is 2. The van der Waals surface area contributed by atoms with Crippen molar-refractivity contribution in [1.29, 1.82) is 0 Å². The van der Waals surface area contributed by atoms with E-state index < -0.39 is 0 Å². The molecule has 0 aliphatic heterocycles. The highest BCUT2D eigenvalue weighted by Gasteiger charge is 2.36. The molecular weight excluding hydrogens is 233 g/mol. The summed E-state index contributed by atoms with van der Waals surface area (Å²) in [6.45, 7) is 1.43. The van der Waals surface area contributed by atoms with E-state index in [0.717, 1.165) is 13.0 Å². The summed E-state index contributed by atoms with van der Waals surface area (Å²) in [5.41, 5.74) is 5.54. The van der Waals surface area contributed by atoms with Crippen LogP contribution in [0, 0.1) is 11.8 Å². The monoisotopic (exact) mass is 245 g/mol. The molecule has 1 fully saturated rings. The van der Waals surface area contributed by atoms with Crippen molar-refractivity contribution in [3.63, 3.8) is 0 Å². The Hall–Kier alpha value is -0.440. The fourth-order valence-corrected chi connectivity index (χ4v) is 1.94. The van der Waals surface area contributed by atoms with Crippen LogP contribution in [0.1, 0.15) is 6.42 Å². The van der Waals surface area contributed by atoms with Gasteiger partial charge in [-0.15, -0.1) is 0 Å². The fraction of sp³-hybridized carbons (Fsp3) is 0.455. The van der Waals surface area contributed by atoms with Crippen molar-refractivity contribution in [3.05, 3.63) is 28.2 Å². The van der Waals surface area contributed by atoms with Crippen LogP contribution in [-0.4, -0.2) is 13.2 Å². The molecule has 0 amide bonds. The molecule has 82 valence electrons. The van der Waals surface area contributed by atoms with Crippen molar-refractivity contribution in [3.8, 4) is 5.75 Å². The summed E-state index contributed by atoms with van der Waals surface area (Å²) in [6.07, 6.45) is 1.16. The van der Waals surface area contributed by atoms with E-state index in [1.807, 2.05) is 12.1 Å². The van der Waals surface area contributed by atoms with Gasteiger partial charge in [0.05, 0.1) is 11.6 Å². The number of halogens is 2. The van der Waals surface area contributed by atoms with Gasteiger partial charge in [0, 0.05) is 0 Å². The molecule has 2 unspecified atom stereocenters. The molecule has 15 heavy (non-hydrogen) atoms. The average molecular weight is 246 g/mol. The quantitative estimate of drug-likeness (QED) is 0.886. The molecule has 1 aliphatic carbocycles. The van der Waals surface area contributed by atoms with Crippen molar-refractivity contribution in [2.75, 3.05) is 13.2 Å². The van der Waals surface area contributed by atoms with Gasteiger partial charge in [-0.25, -0.2) is 0 Å². The van der Waals surface area contributed by atoms with Crippen LogP contribution in [0.4, 0.5) is 0 Å². The predicted octanol–water partition coefficient (Wildman–Crippen LogP) is 2.97.